The molecule has 3 rings (SSSR count). The third-order valence-corrected chi connectivity index (χ3v) is 5.26. The van der Waals surface area contributed by atoms with Gasteiger partial charge in [0.1, 0.15) is 10.3 Å². The lowest BCUT2D eigenvalue weighted by atomic mass is 10.2. The fraction of sp³-hybridized carbons (Fsp3) is 0.250. The maximum atomic E-state index is 13.0. The number of carbonyl (C=O) groups is 1. The zero-order valence-corrected chi connectivity index (χ0v) is 12.3. The standard InChI is InChI=1S/C12H10FN3O3S2/c13-21(18,19)9-6-10(17)16(7-9)12-15-14-11(20-12)8-4-2-1-3-5-8/h1-5,9H,6-7H2. The lowest BCUT2D eigenvalue weighted by Gasteiger charge is -2.10. The molecule has 21 heavy (non-hydrogen) atoms. The van der Waals surface area contributed by atoms with Crippen molar-refractivity contribution in [2.24, 2.45) is 0 Å². The summed E-state index contributed by atoms with van der Waals surface area (Å²) in [4.78, 5) is 13.0. The van der Waals surface area contributed by atoms with Crippen molar-refractivity contribution in [2.75, 3.05) is 11.4 Å². The fourth-order valence-electron chi connectivity index (χ4n) is 2.07. The van der Waals surface area contributed by atoms with Crippen LogP contribution in [0, 0.1) is 0 Å². The average Bonchev–Trinajstić information content (AvgIpc) is 3.05. The number of anilines is 1. The van der Waals surface area contributed by atoms with Gasteiger partial charge >= 0.3 is 10.2 Å². The summed E-state index contributed by atoms with van der Waals surface area (Å²) in [6.07, 6.45) is -0.362. The first-order valence-electron chi connectivity index (χ1n) is 6.08. The molecule has 0 bridgehead atoms. The van der Waals surface area contributed by atoms with Crippen molar-refractivity contribution in [2.45, 2.75) is 11.7 Å². The Kier molecular flexibility index (Phi) is 3.46. The molecule has 1 aliphatic heterocycles. The van der Waals surface area contributed by atoms with Crippen LogP contribution < -0.4 is 4.90 Å². The normalized spacial score (nSPS) is 19.2. The summed E-state index contributed by atoms with van der Waals surface area (Å²) in [6.45, 7) is -0.221. The first-order valence-corrected chi connectivity index (χ1v) is 8.34. The minimum atomic E-state index is -4.73. The zero-order valence-electron chi connectivity index (χ0n) is 10.6. The van der Waals surface area contributed by atoms with E-state index in [1.54, 1.807) is 0 Å². The van der Waals surface area contributed by atoms with Crippen LogP contribution in [0.2, 0.25) is 0 Å². The predicted molar refractivity (Wildman–Crippen MR) is 76.1 cm³/mol. The van der Waals surface area contributed by atoms with Crippen molar-refractivity contribution in [3.8, 4) is 10.6 Å². The molecule has 1 saturated heterocycles. The van der Waals surface area contributed by atoms with Crippen LogP contribution >= 0.6 is 11.3 Å². The lowest BCUT2D eigenvalue weighted by molar-refractivity contribution is -0.117. The topological polar surface area (TPSA) is 80.2 Å². The first-order chi connectivity index (χ1) is 9.95. The van der Waals surface area contributed by atoms with Crippen LogP contribution in [-0.2, 0) is 15.0 Å². The molecule has 1 aromatic heterocycles. The Balaban J connectivity index is 1.86. The second-order valence-electron chi connectivity index (χ2n) is 4.56. The van der Waals surface area contributed by atoms with Crippen molar-refractivity contribution in [1.29, 1.82) is 0 Å². The van der Waals surface area contributed by atoms with Gasteiger partial charge in [0.25, 0.3) is 0 Å². The molecular formula is C12H10FN3O3S2. The Labute approximate surface area is 124 Å². The van der Waals surface area contributed by atoms with Crippen LogP contribution in [0.15, 0.2) is 30.3 Å². The number of aromatic nitrogens is 2. The number of rotatable bonds is 3. The van der Waals surface area contributed by atoms with Crippen molar-refractivity contribution in [3.05, 3.63) is 30.3 Å². The number of benzene rings is 1. The Hall–Kier alpha value is -1.87. The maximum Gasteiger partial charge on any atom is 0.307 e. The molecule has 1 aliphatic rings. The number of amides is 1. The molecule has 1 aromatic carbocycles. The van der Waals surface area contributed by atoms with Gasteiger partial charge in [-0.2, -0.15) is 8.42 Å². The maximum absolute atomic E-state index is 13.0. The molecule has 2 aromatic rings. The van der Waals surface area contributed by atoms with E-state index in [0.717, 1.165) is 5.56 Å². The molecule has 1 amide bonds. The molecule has 0 spiro atoms. The Morgan fingerprint density at radius 2 is 1.95 bits per heavy atom. The molecule has 1 unspecified atom stereocenters. The van der Waals surface area contributed by atoms with Gasteiger partial charge in [-0.15, -0.1) is 14.1 Å². The van der Waals surface area contributed by atoms with Gasteiger partial charge in [0.2, 0.25) is 11.0 Å². The molecule has 0 N–H and O–H groups in total. The smallest absolute Gasteiger partial charge is 0.285 e. The van der Waals surface area contributed by atoms with Crippen molar-refractivity contribution < 1.29 is 17.1 Å². The lowest BCUT2D eigenvalue weighted by Crippen LogP contribution is -2.26. The number of carbonyl (C=O) groups excluding carboxylic acids is 1. The van der Waals surface area contributed by atoms with Crippen LogP contribution in [0.25, 0.3) is 10.6 Å². The van der Waals surface area contributed by atoms with Gasteiger partial charge in [-0.25, -0.2) is 0 Å². The number of hydrogen-bond acceptors (Lipinski definition) is 6. The third-order valence-electron chi connectivity index (χ3n) is 3.15. The van der Waals surface area contributed by atoms with Crippen molar-refractivity contribution in [1.82, 2.24) is 10.2 Å². The summed E-state index contributed by atoms with van der Waals surface area (Å²) >= 11 is 1.17. The molecule has 1 fully saturated rings. The predicted octanol–water partition coefficient (Wildman–Crippen LogP) is 1.61. The molecule has 0 radical (unpaired) electrons. The Morgan fingerprint density at radius 1 is 1.24 bits per heavy atom. The monoisotopic (exact) mass is 327 g/mol. The zero-order chi connectivity index (χ0) is 15.0. The number of hydrogen-bond donors (Lipinski definition) is 0. The SMILES string of the molecule is O=C1CC(S(=O)(=O)F)CN1c1nnc(-c2ccccc2)s1. The highest BCUT2D eigenvalue weighted by Gasteiger charge is 2.40. The highest BCUT2D eigenvalue weighted by molar-refractivity contribution is 7.87. The fourth-order valence-corrected chi connectivity index (χ4v) is 3.62. The van der Waals surface area contributed by atoms with Crippen LogP contribution in [0.5, 0.6) is 0 Å². The molecule has 0 saturated carbocycles. The molecule has 9 heteroatoms. The molecule has 0 aliphatic carbocycles. The van der Waals surface area contributed by atoms with Gasteiger partial charge in [-0.1, -0.05) is 41.7 Å². The van der Waals surface area contributed by atoms with Gasteiger partial charge in [0.15, 0.2) is 0 Å². The summed E-state index contributed by atoms with van der Waals surface area (Å²) < 4.78 is 34.8. The van der Waals surface area contributed by atoms with Gasteiger partial charge < -0.3 is 0 Å². The summed E-state index contributed by atoms with van der Waals surface area (Å²) in [5, 5.41) is 7.46. The molecule has 1 atom stereocenters. The summed E-state index contributed by atoms with van der Waals surface area (Å²) in [5.74, 6) is -0.461. The van der Waals surface area contributed by atoms with E-state index >= 15 is 0 Å². The van der Waals surface area contributed by atoms with E-state index in [9.17, 15) is 17.1 Å². The molecule has 2 heterocycles. The van der Waals surface area contributed by atoms with E-state index < -0.39 is 21.4 Å². The molecule has 6 nitrogen and oxygen atoms in total. The van der Waals surface area contributed by atoms with Crippen molar-refractivity contribution >= 4 is 32.6 Å². The van der Waals surface area contributed by atoms with Crippen LogP contribution in [0.3, 0.4) is 0 Å². The third kappa shape index (κ3) is 2.79. The van der Waals surface area contributed by atoms with Crippen LogP contribution in [-0.4, -0.2) is 36.3 Å². The Morgan fingerprint density at radius 3 is 2.57 bits per heavy atom. The summed E-state index contributed by atoms with van der Waals surface area (Å²) in [7, 11) is -4.73. The second-order valence-corrected chi connectivity index (χ2v) is 7.14. The van der Waals surface area contributed by atoms with Gasteiger partial charge in [0, 0.05) is 18.5 Å². The van der Waals surface area contributed by atoms with E-state index in [0.29, 0.717) is 5.01 Å². The van der Waals surface area contributed by atoms with Gasteiger partial charge in [-0.3, -0.25) is 9.69 Å². The number of nitrogens with zero attached hydrogens (tertiary/aromatic N) is 3. The minimum absolute atomic E-state index is 0.221. The quantitative estimate of drug-likeness (QED) is 0.800. The highest BCUT2D eigenvalue weighted by Crippen LogP contribution is 2.32. The summed E-state index contributed by atoms with van der Waals surface area (Å²) in [6, 6.07) is 9.27. The van der Waals surface area contributed by atoms with E-state index in [4.69, 9.17) is 0 Å². The van der Waals surface area contributed by atoms with E-state index in [1.807, 2.05) is 30.3 Å². The Bertz CT molecular complexity index is 776. The highest BCUT2D eigenvalue weighted by atomic mass is 32.3. The second kappa shape index (κ2) is 5.15. The average molecular weight is 327 g/mol. The largest absolute Gasteiger partial charge is 0.307 e. The van der Waals surface area contributed by atoms with E-state index in [1.165, 1.54) is 16.2 Å². The van der Waals surface area contributed by atoms with Gasteiger partial charge in [0.05, 0.1) is 0 Å². The number of halogens is 1. The van der Waals surface area contributed by atoms with Crippen LogP contribution in [0.1, 0.15) is 6.42 Å². The first kappa shape index (κ1) is 14.1. The van der Waals surface area contributed by atoms with E-state index in [2.05, 4.69) is 10.2 Å². The minimum Gasteiger partial charge on any atom is -0.285 e. The van der Waals surface area contributed by atoms with Crippen LogP contribution in [0.4, 0.5) is 9.02 Å². The van der Waals surface area contributed by atoms with Gasteiger partial charge in [-0.05, 0) is 0 Å². The van der Waals surface area contributed by atoms with E-state index in [-0.39, 0.29) is 18.1 Å². The summed E-state index contributed by atoms with van der Waals surface area (Å²) in [5.41, 5.74) is 0.850. The molecular weight excluding hydrogens is 317 g/mol. The molecule has 110 valence electrons. The van der Waals surface area contributed by atoms with Crippen molar-refractivity contribution in [3.63, 3.8) is 0 Å².